The van der Waals surface area contributed by atoms with E-state index in [9.17, 15) is 0 Å². The molecule has 0 aliphatic carbocycles. The number of fused-ring (bicyclic) bond motifs is 10. The topological polar surface area (TPSA) is 69.9 Å². The van der Waals surface area contributed by atoms with Gasteiger partial charge in [0.2, 0.25) is 5.95 Å². The van der Waals surface area contributed by atoms with E-state index in [0.717, 1.165) is 99.1 Å². The maximum atomic E-state index is 6.73. The Balaban J connectivity index is 1.14. The highest BCUT2D eigenvalue weighted by molar-refractivity contribution is 6.26. The van der Waals surface area contributed by atoms with E-state index in [-0.39, 0.29) is 0 Å². The van der Waals surface area contributed by atoms with Crippen LogP contribution in [0.2, 0.25) is 0 Å². The van der Waals surface area contributed by atoms with Gasteiger partial charge in [0, 0.05) is 38.1 Å². The number of furan rings is 2. The van der Waals surface area contributed by atoms with E-state index in [4.69, 9.17) is 23.8 Å². The third kappa shape index (κ3) is 4.87. The first-order chi connectivity index (χ1) is 28.3. The maximum Gasteiger partial charge on any atom is 0.238 e. The zero-order valence-corrected chi connectivity index (χ0v) is 30.4. The number of benzene rings is 8. The second-order valence-electron chi connectivity index (χ2n) is 14.3. The molecule has 0 N–H and O–H groups in total. The number of hydrogen-bond acceptors (Lipinski definition) is 5. The molecule has 0 spiro atoms. The summed E-state index contributed by atoms with van der Waals surface area (Å²) in [5.41, 5.74) is 11.4. The molecule has 266 valence electrons. The van der Waals surface area contributed by atoms with Gasteiger partial charge in [0.15, 0.2) is 11.6 Å². The van der Waals surface area contributed by atoms with Crippen LogP contribution in [0.3, 0.4) is 0 Å². The fourth-order valence-corrected chi connectivity index (χ4v) is 8.53. The molecule has 0 bridgehead atoms. The van der Waals surface area contributed by atoms with Crippen LogP contribution in [-0.2, 0) is 0 Å². The van der Waals surface area contributed by atoms with Gasteiger partial charge in [-0.1, -0.05) is 140 Å². The fraction of sp³-hybridized carbons (Fsp3) is 0. The van der Waals surface area contributed by atoms with Crippen molar-refractivity contribution < 1.29 is 8.83 Å². The fourth-order valence-electron chi connectivity index (χ4n) is 8.53. The van der Waals surface area contributed by atoms with Crippen LogP contribution in [0.4, 0.5) is 0 Å². The van der Waals surface area contributed by atoms with Crippen molar-refractivity contribution in [3.8, 4) is 51.0 Å². The molecular formula is C51H30N4O2. The van der Waals surface area contributed by atoms with Crippen molar-refractivity contribution in [2.75, 3.05) is 0 Å². The van der Waals surface area contributed by atoms with Crippen molar-refractivity contribution in [1.82, 2.24) is 19.5 Å². The smallest absolute Gasteiger partial charge is 0.238 e. The second-order valence-corrected chi connectivity index (χ2v) is 14.3. The summed E-state index contributed by atoms with van der Waals surface area (Å²) in [6.07, 6.45) is 0. The van der Waals surface area contributed by atoms with Gasteiger partial charge in [0.1, 0.15) is 22.3 Å². The Bertz CT molecular complexity index is 3510. The summed E-state index contributed by atoms with van der Waals surface area (Å²) in [5.74, 6) is 1.63. The van der Waals surface area contributed by atoms with E-state index in [1.807, 2.05) is 66.7 Å². The minimum Gasteiger partial charge on any atom is -0.456 e. The van der Waals surface area contributed by atoms with Crippen molar-refractivity contribution >= 4 is 65.7 Å². The Hall–Kier alpha value is -7.83. The van der Waals surface area contributed by atoms with Crippen LogP contribution in [-0.4, -0.2) is 19.5 Å². The van der Waals surface area contributed by atoms with E-state index in [0.29, 0.717) is 17.6 Å². The van der Waals surface area contributed by atoms with E-state index >= 15 is 0 Å². The van der Waals surface area contributed by atoms with Crippen molar-refractivity contribution in [2.45, 2.75) is 0 Å². The summed E-state index contributed by atoms with van der Waals surface area (Å²) >= 11 is 0. The predicted molar refractivity (Wildman–Crippen MR) is 230 cm³/mol. The van der Waals surface area contributed by atoms with Crippen LogP contribution >= 0.6 is 0 Å². The molecule has 0 saturated heterocycles. The van der Waals surface area contributed by atoms with E-state index in [1.165, 1.54) is 0 Å². The Labute approximate surface area is 325 Å². The van der Waals surface area contributed by atoms with Crippen molar-refractivity contribution in [2.24, 2.45) is 0 Å². The zero-order valence-electron chi connectivity index (χ0n) is 30.4. The Morgan fingerprint density at radius 3 is 1.70 bits per heavy atom. The molecule has 0 atom stereocenters. The molecule has 0 fully saturated rings. The molecule has 12 aromatic rings. The van der Waals surface area contributed by atoms with Crippen molar-refractivity contribution in [3.63, 3.8) is 0 Å². The van der Waals surface area contributed by atoms with Gasteiger partial charge in [-0.25, -0.2) is 4.98 Å². The van der Waals surface area contributed by atoms with Crippen LogP contribution in [0, 0.1) is 0 Å². The third-order valence-corrected chi connectivity index (χ3v) is 11.1. The highest BCUT2D eigenvalue weighted by Crippen LogP contribution is 2.44. The summed E-state index contributed by atoms with van der Waals surface area (Å²) in [4.78, 5) is 15.6. The number of para-hydroxylation sites is 1. The van der Waals surface area contributed by atoms with Crippen LogP contribution in [0.15, 0.2) is 191 Å². The van der Waals surface area contributed by atoms with Gasteiger partial charge in [0.05, 0.1) is 16.4 Å². The first kappa shape index (κ1) is 31.5. The molecule has 6 nitrogen and oxygen atoms in total. The zero-order chi connectivity index (χ0) is 37.5. The van der Waals surface area contributed by atoms with Crippen molar-refractivity contribution in [3.05, 3.63) is 182 Å². The van der Waals surface area contributed by atoms with Gasteiger partial charge in [-0.15, -0.1) is 0 Å². The molecular weight excluding hydrogens is 701 g/mol. The number of aromatic nitrogens is 4. The van der Waals surface area contributed by atoms with E-state index in [2.05, 4.69) is 120 Å². The van der Waals surface area contributed by atoms with Crippen LogP contribution in [0.1, 0.15) is 0 Å². The molecule has 0 saturated carbocycles. The average molecular weight is 731 g/mol. The summed E-state index contributed by atoms with van der Waals surface area (Å²) in [6.45, 7) is 0. The minimum absolute atomic E-state index is 0.510. The standard InChI is InChI=1S/C51H30N4O2/c1-4-14-31(15-5-1)35-22-13-25-43-45(35)39-27-26-34(30-44(39)56-43)50-52-49(33-18-8-3-9-19-33)53-51(54-50)55-40-23-12-21-36(32-16-6-2-7-17-32)46(40)47-41(55)29-28-38-37-20-10-11-24-42(37)57-48(38)47/h1-30H. The predicted octanol–water partition coefficient (Wildman–Crippen LogP) is 13.4. The normalized spacial score (nSPS) is 11.9. The average Bonchev–Trinajstić information content (AvgIpc) is 3.96. The second kappa shape index (κ2) is 12.3. The molecule has 0 amide bonds. The lowest BCUT2D eigenvalue weighted by atomic mass is 9.98. The lowest BCUT2D eigenvalue weighted by Gasteiger charge is -2.11. The molecule has 0 aliphatic heterocycles. The Morgan fingerprint density at radius 2 is 0.947 bits per heavy atom. The van der Waals surface area contributed by atoms with Crippen LogP contribution in [0.5, 0.6) is 0 Å². The summed E-state index contributed by atoms with van der Waals surface area (Å²) < 4.78 is 15.4. The first-order valence-electron chi connectivity index (χ1n) is 19.0. The van der Waals surface area contributed by atoms with Gasteiger partial charge >= 0.3 is 0 Å². The summed E-state index contributed by atoms with van der Waals surface area (Å²) in [7, 11) is 0. The number of hydrogen-bond donors (Lipinski definition) is 0. The van der Waals surface area contributed by atoms with Gasteiger partial charge in [-0.05, 0) is 64.7 Å². The van der Waals surface area contributed by atoms with E-state index in [1.54, 1.807) is 0 Å². The highest BCUT2D eigenvalue weighted by Gasteiger charge is 2.24. The first-order valence-corrected chi connectivity index (χ1v) is 19.0. The van der Waals surface area contributed by atoms with Gasteiger partial charge in [-0.3, -0.25) is 4.57 Å². The monoisotopic (exact) mass is 730 g/mol. The molecule has 12 rings (SSSR count). The molecule has 0 radical (unpaired) electrons. The molecule has 57 heavy (non-hydrogen) atoms. The van der Waals surface area contributed by atoms with Crippen molar-refractivity contribution in [1.29, 1.82) is 0 Å². The molecule has 0 aliphatic rings. The minimum atomic E-state index is 0.510. The number of rotatable bonds is 5. The quantitative estimate of drug-likeness (QED) is 0.176. The summed E-state index contributed by atoms with van der Waals surface area (Å²) in [6, 6.07) is 62.5. The molecule has 4 aromatic heterocycles. The Kier molecular flexibility index (Phi) is 6.83. The lowest BCUT2D eigenvalue weighted by Crippen LogP contribution is -2.06. The summed E-state index contributed by atoms with van der Waals surface area (Å²) in [5, 5.41) is 6.36. The van der Waals surface area contributed by atoms with E-state index < -0.39 is 0 Å². The molecule has 6 heteroatoms. The van der Waals surface area contributed by atoms with Gasteiger partial charge in [0.25, 0.3) is 0 Å². The maximum absolute atomic E-state index is 6.73. The highest BCUT2D eigenvalue weighted by atomic mass is 16.3. The Morgan fingerprint density at radius 1 is 0.351 bits per heavy atom. The number of nitrogens with zero attached hydrogens (tertiary/aromatic N) is 4. The van der Waals surface area contributed by atoms with Gasteiger partial charge in [-0.2, -0.15) is 9.97 Å². The van der Waals surface area contributed by atoms with Gasteiger partial charge < -0.3 is 8.83 Å². The third-order valence-electron chi connectivity index (χ3n) is 11.1. The van der Waals surface area contributed by atoms with Crippen LogP contribution in [0.25, 0.3) is 117 Å². The molecule has 4 heterocycles. The largest absolute Gasteiger partial charge is 0.456 e. The molecule has 0 unspecified atom stereocenters. The SMILES string of the molecule is c1ccc(-c2nc(-c3ccc4c(c3)oc3cccc(-c5ccccc5)c34)nc(-n3c4cccc(-c5ccccc5)c4c4c5oc6ccccc6c5ccc43)n2)cc1. The molecule has 8 aromatic carbocycles. The lowest BCUT2D eigenvalue weighted by molar-refractivity contribution is 0.669. The van der Waals surface area contributed by atoms with Crippen LogP contribution < -0.4 is 0 Å².